The van der Waals surface area contributed by atoms with Crippen LogP contribution in [0.5, 0.6) is 0 Å². The molecule has 2 fully saturated rings. The number of guanidine groups is 1. The van der Waals surface area contributed by atoms with Gasteiger partial charge < -0.3 is 26.6 Å². The van der Waals surface area contributed by atoms with E-state index in [1.807, 2.05) is 42.5 Å². The Morgan fingerprint density at radius 2 is 1.82 bits per heavy atom. The molecule has 1 aliphatic carbocycles. The molecule has 4 rings (SSSR count). The van der Waals surface area contributed by atoms with E-state index in [2.05, 4.69) is 39.7 Å². The molecule has 1 aliphatic heterocycles. The Kier molecular flexibility index (Phi) is 10.2. The molecule has 2 aromatic rings. The van der Waals surface area contributed by atoms with E-state index in [-0.39, 0.29) is 23.9 Å². The summed E-state index contributed by atoms with van der Waals surface area (Å²) in [5.41, 5.74) is 6.42. The van der Waals surface area contributed by atoms with Crippen molar-refractivity contribution < 1.29 is 9.59 Å². The lowest BCUT2D eigenvalue weighted by Gasteiger charge is -2.35. The zero-order chi connectivity index (χ0) is 27.8. The molecule has 1 saturated heterocycles. The van der Waals surface area contributed by atoms with Crippen LogP contribution in [-0.4, -0.2) is 68.0 Å². The Morgan fingerprint density at radius 1 is 1.08 bits per heavy atom. The van der Waals surface area contributed by atoms with Gasteiger partial charge in [0.25, 0.3) is 5.91 Å². The highest BCUT2D eigenvalue weighted by molar-refractivity contribution is 5.98. The first kappa shape index (κ1) is 28.9. The Morgan fingerprint density at radius 3 is 2.56 bits per heavy atom. The molecule has 4 unspecified atom stereocenters. The fourth-order valence-corrected chi connectivity index (χ4v) is 6.46. The number of nitrogens with zero attached hydrogens (tertiary/aromatic N) is 2. The van der Waals surface area contributed by atoms with Gasteiger partial charge in [0.05, 0.1) is 6.04 Å². The number of benzene rings is 2. The second kappa shape index (κ2) is 13.8. The fraction of sp³-hybridized carbons (Fsp3) is 0.581. The number of rotatable bonds is 9. The molecule has 0 aromatic heterocycles. The number of carbonyl (C=O) groups excluding carboxylic acids is 2. The average Bonchev–Trinajstić information content (AvgIpc) is 3.07. The summed E-state index contributed by atoms with van der Waals surface area (Å²) in [5, 5.41) is 12.0. The summed E-state index contributed by atoms with van der Waals surface area (Å²) in [6.07, 6.45) is 5.97. The molecule has 39 heavy (non-hydrogen) atoms. The lowest BCUT2D eigenvalue weighted by atomic mass is 9.76. The summed E-state index contributed by atoms with van der Waals surface area (Å²) >= 11 is 0. The molecule has 212 valence electrons. The van der Waals surface area contributed by atoms with Crippen LogP contribution in [0.25, 0.3) is 10.8 Å². The Balaban J connectivity index is 1.39. The maximum absolute atomic E-state index is 13.7. The summed E-state index contributed by atoms with van der Waals surface area (Å²) in [7, 11) is 1.65. The third kappa shape index (κ3) is 8.18. The number of fused-ring (bicyclic) bond motifs is 1. The van der Waals surface area contributed by atoms with E-state index >= 15 is 0 Å². The fourth-order valence-electron chi connectivity index (χ4n) is 6.46. The SMILES string of the molecule is CN=C(N)NCCCC1NC(CNC(=O)c2ccc3ccccc3c2)CCN(CC2CC(C)CC(C)C2)C1=O. The van der Waals surface area contributed by atoms with E-state index in [0.717, 1.165) is 30.2 Å². The minimum atomic E-state index is -0.282. The molecule has 5 N–H and O–H groups in total. The average molecular weight is 535 g/mol. The van der Waals surface area contributed by atoms with E-state index in [9.17, 15) is 9.59 Å². The van der Waals surface area contributed by atoms with E-state index in [1.54, 1.807) is 7.05 Å². The summed E-state index contributed by atoms with van der Waals surface area (Å²) in [6.45, 7) is 7.36. The summed E-state index contributed by atoms with van der Waals surface area (Å²) in [6, 6.07) is 13.6. The van der Waals surface area contributed by atoms with Crippen LogP contribution < -0.4 is 21.7 Å². The predicted octanol–water partition coefficient (Wildman–Crippen LogP) is 3.52. The topological polar surface area (TPSA) is 112 Å². The van der Waals surface area contributed by atoms with Crippen LogP contribution in [0.4, 0.5) is 0 Å². The highest BCUT2D eigenvalue weighted by Crippen LogP contribution is 2.33. The minimum absolute atomic E-state index is 0.0211. The van der Waals surface area contributed by atoms with Gasteiger partial charge in [0.15, 0.2) is 5.96 Å². The van der Waals surface area contributed by atoms with Crippen molar-refractivity contribution in [3.63, 3.8) is 0 Å². The van der Waals surface area contributed by atoms with E-state index in [1.165, 1.54) is 19.3 Å². The zero-order valence-electron chi connectivity index (χ0n) is 23.8. The van der Waals surface area contributed by atoms with Crippen molar-refractivity contribution in [1.82, 2.24) is 20.9 Å². The van der Waals surface area contributed by atoms with Crippen molar-refractivity contribution in [1.29, 1.82) is 0 Å². The molecule has 2 amide bonds. The Hall–Kier alpha value is -3.13. The second-order valence-electron chi connectivity index (χ2n) is 11.7. The first-order valence-electron chi connectivity index (χ1n) is 14.6. The number of carbonyl (C=O) groups is 2. The van der Waals surface area contributed by atoms with Crippen LogP contribution in [0, 0.1) is 17.8 Å². The normalized spacial score (nSPS) is 26.3. The molecular weight excluding hydrogens is 488 g/mol. The number of nitrogens with two attached hydrogens (primary N) is 1. The van der Waals surface area contributed by atoms with Crippen molar-refractivity contribution in [3.05, 3.63) is 48.0 Å². The van der Waals surface area contributed by atoms with Crippen molar-refractivity contribution in [2.45, 2.75) is 64.5 Å². The molecular formula is C31H46N6O2. The van der Waals surface area contributed by atoms with Gasteiger partial charge in [-0.1, -0.05) is 44.2 Å². The van der Waals surface area contributed by atoms with Gasteiger partial charge in [-0.15, -0.1) is 0 Å². The maximum atomic E-state index is 13.7. The van der Waals surface area contributed by atoms with Crippen LogP contribution in [0.3, 0.4) is 0 Å². The monoisotopic (exact) mass is 534 g/mol. The van der Waals surface area contributed by atoms with Crippen LogP contribution in [-0.2, 0) is 4.79 Å². The van der Waals surface area contributed by atoms with Crippen LogP contribution >= 0.6 is 0 Å². The number of hydrogen-bond donors (Lipinski definition) is 4. The minimum Gasteiger partial charge on any atom is -0.370 e. The van der Waals surface area contributed by atoms with E-state index < -0.39 is 0 Å². The molecule has 0 radical (unpaired) electrons. The largest absolute Gasteiger partial charge is 0.370 e. The highest BCUT2D eigenvalue weighted by atomic mass is 16.2. The van der Waals surface area contributed by atoms with Crippen molar-refractivity contribution in [3.8, 4) is 0 Å². The van der Waals surface area contributed by atoms with Crippen LogP contribution in [0.15, 0.2) is 47.5 Å². The molecule has 4 atom stereocenters. The first-order valence-corrected chi connectivity index (χ1v) is 14.6. The van der Waals surface area contributed by atoms with Gasteiger partial charge in [0.1, 0.15) is 0 Å². The predicted molar refractivity (Wildman–Crippen MR) is 159 cm³/mol. The quantitative estimate of drug-likeness (QED) is 0.223. The van der Waals surface area contributed by atoms with E-state index in [0.29, 0.717) is 55.3 Å². The van der Waals surface area contributed by atoms with Gasteiger partial charge in [-0.2, -0.15) is 0 Å². The molecule has 8 nitrogen and oxygen atoms in total. The third-order valence-corrected chi connectivity index (χ3v) is 8.29. The van der Waals surface area contributed by atoms with Crippen molar-refractivity contribution in [2.24, 2.45) is 28.5 Å². The lowest BCUT2D eigenvalue weighted by molar-refractivity contribution is -0.133. The Labute approximate surface area is 233 Å². The zero-order valence-corrected chi connectivity index (χ0v) is 23.8. The van der Waals surface area contributed by atoms with Gasteiger partial charge in [-0.25, -0.2) is 0 Å². The highest BCUT2D eigenvalue weighted by Gasteiger charge is 2.33. The number of hydrogen-bond acceptors (Lipinski definition) is 4. The molecule has 8 heteroatoms. The smallest absolute Gasteiger partial charge is 0.251 e. The molecule has 1 saturated carbocycles. The number of aliphatic imine (C=N–C) groups is 1. The first-order chi connectivity index (χ1) is 18.8. The number of amides is 2. The van der Waals surface area contributed by atoms with E-state index in [4.69, 9.17) is 5.73 Å². The van der Waals surface area contributed by atoms with Gasteiger partial charge >= 0.3 is 0 Å². The molecule has 2 aromatic carbocycles. The molecule has 2 aliphatic rings. The van der Waals surface area contributed by atoms with Crippen molar-refractivity contribution >= 4 is 28.5 Å². The summed E-state index contributed by atoms with van der Waals surface area (Å²) < 4.78 is 0. The maximum Gasteiger partial charge on any atom is 0.251 e. The number of nitrogens with one attached hydrogen (secondary N) is 3. The summed E-state index contributed by atoms with van der Waals surface area (Å²) in [4.78, 5) is 32.7. The van der Waals surface area contributed by atoms with Gasteiger partial charge in [-0.05, 0) is 79.2 Å². The summed E-state index contributed by atoms with van der Waals surface area (Å²) in [5.74, 6) is 2.48. The Bertz CT molecular complexity index is 1140. The van der Waals surface area contributed by atoms with Crippen LogP contribution in [0.2, 0.25) is 0 Å². The molecule has 0 spiro atoms. The van der Waals surface area contributed by atoms with Gasteiger partial charge in [-0.3, -0.25) is 14.6 Å². The lowest BCUT2D eigenvalue weighted by Crippen LogP contribution is -2.49. The van der Waals surface area contributed by atoms with Crippen molar-refractivity contribution in [2.75, 3.05) is 33.2 Å². The third-order valence-electron chi connectivity index (χ3n) is 8.29. The molecule has 1 heterocycles. The van der Waals surface area contributed by atoms with Gasteiger partial charge in [0, 0.05) is 44.8 Å². The standard InChI is InChI=1S/C31H46N6O2/c1-21-15-22(2)17-23(16-21)20-37-14-12-27(36-28(30(37)39)9-6-13-34-31(32)33-3)19-35-29(38)26-11-10-24-7-4-5-8-25(24)18-26/h4-5,7-8,10-11,18,21-23,27-28,36H,6,9,12-17,19-20H2,1-3H3,(H,35,38)(H3,32,33,34). The van der Waals surface area contributed by atoms with Crippen LogP contribution in [0.1, 0.15) is 62.7 Å². The second-order valence-corrected chi connectivity index (χ2v) is 11.7. The van der Waals surface area contributed by atoms with Gasteiger partial charge in [0.2, 0.25) is 5.91 Å². The molecule has 0 bridgehead atoms.